The predicted molar refractivity (Wildman–Crippen MR) is 75.8 cm³/mol. The molecule has 4 heterocycles. The second kappa shape index (κ2) is 4.03. The maximum atomic E-state index is 9.71. The Morgan fingerprint density at radius 1 is 0.850 bits per heavy atom. The van der Waals surface area contributed by atoms with Gasteiger partial charge in [0.05, 0.1) is 17.2 Å². The molecule has 0 aliphatic carbocycles. The molecule has 5 heteroatoms. The Kier molecular flexibility index (Phi) is 2.20. The monoisotopic (exact) mass is 262 g/mol. The van der Waals surface area contributed by atoms with Crippen LogP contribution in [0.5, 0.6) is 5.75 Å². The minimum absolute atomic E-state index is 0.123. The highest BCUT2D eigenvalue weighted by Gasteiger charge is 2.14. The van der Waals surface area contributed by atoms with Gasteiger partial charge in [-0.25, -0.2) is 9.97 Å². The first-order valence-corrected chi connectivity index (χ1v) is 6.20. The summed E-state index contributed by atoms with van der Waals surface area (Å²) >= 11 is 0. The van der Waals surface area contributed by atoms with Crippen LogP contribution in [0.25, 0.3) is 27.9 Å². The average molecular weight is 262 g/mol. The highest BCUT2D eigenvalue weighted by molar-refractivity contribution is 6.04. The van der Waals surface area contributed by atoms with Crippen LogP contribution in [0.1, 0.15) is 0 Å². The van der Waals surface area contributed by atoms with E-state index >= 15 is 0 Å². The first-order valence-electron chi connectivity index (χ1n) is 6.20. The largest absolute Gasteiger partial charge is 0.506 e. The zero-order valence-corrected chi connectivity index (χ0v) is 10.4. The second-order valence-electron chi connectivity index (χ2n) is 4.46. The van der Waals surface area contributed by atoms with Crippen LogP contribution >= 0.6 is 0 Å². The van der Waals surface area contributed by atoms with Crippen molar-refractivity contribution in [3.05, 3.63) is 55.0 Å². The predicted octanol–water partition coefficient (Wildman–Crippen LogP) is 2.67. The van der Waals surface area contributed by atoms with Crippen molar-refractivity contribution in [3.63, 3.8) is 0 Å². The van der Waals surface area contributed by atoms with Gasteiger partial charge in [0.25, 0.3) is 0 Å². The third-order valence-corrected chi connectivity index (χ3v) is 3.22. The molecule has 0 aromatic carbocycles. The lowest BCUT2D eigenvalue weighted by Gasteiger charge is -2.05. The standard InChI is InChI=1S/C15H10N4O/c20-10-8-12-15(18-9-10)14-11(4-3-7-17-14)19(12)13-5-1-2-6-16-13/h1-9,20H. The van der Waals surface area contributed by atoms with Crippen molar-refractivity contribution in [1.29, 1.82) is 0 Å². The highest BCUT2D eigenvalue weighted by Crippen LogP contribution is 2.29. The lowest BCUT2D eigenvalue weighted by Crippen LogP contribution is -1.96. The smallest absolute Gasteiger partial charge is 0.137 e. The van der Waals surface area contributed by atoms with Gasteiger partial charge in [0, 0.05) is 18.5 Å². The Morgan fingerprint density at radius 2 is 1.70 bits per heavy atom. The topological polar surface area (TPSA) is 63.8 Å². The number of pyridine rings is 3. The normalized spacial score (nSPS) is 11.2. The van der Waals surface area contributed by atoms with Crippen molar-refractivity contribution in [2.45, 2.75) is 0 Å². The Balaban J connectivity index is 2.23. The minimum Gasteiger partial charge on any atom is -0.506 e. The fraction of sp³-hybridized carbons (Fsp3) is 0. The third kappa shape index (κ3) is 1.46. The SMILES string of the molecule is Oc1cnc2c3ncccc3n(-c3ccccn3)c2c1. The number of hydrogen-bond donors (Lipinski definition) is 1. The average Bonchev–Trinajstić information content (AvgIpc) is 2.81. The van der Waals surface area contributed by atoms with E-state index in [1.807, 2.05) is 34.9 Å². The second-order valence-corrected chi connectivity index (χ2v) is 4.46. The molecule has 0 unspecified atom stereocenters. The summed E-state index contributed by atoms with van der Waals surface area (Å²) in [6.45, 7) is 0. The number of hydrogen-bond acceptors (Lipinski definition) is 4. The Morgan fingerprint density at radius 3 is 2.55 bits per heavy atom. The van der Waals surface area contributed by atoms with Crippen molar-refractivity contribution >= 4 is 22.1 Å². The van der Waals surface area contributed by atoms with Crippen LogP contribution < -0.4 is 0 Å². The summed E-state index contributed by atoms with van der Waals surface area (Å²) in [5.41, 5.74) is 3.26. The van der Waals surface area contributed by atoms with E-state index in [4.69, 9.17) is 0 Å². The van der Waals surface area contributed by atoms with Crippen LogP contribution in [0.4, 0.5) is 0 Å². The molecule has 4 aromatic rings. The van der Waals surface area contributed by atoms with Crippen molar-refractivity contribution in [3.8, 4) is 11.6 Å². The number of aromatic hydroxyl groups is 1. The molecule has 0 spiro atoms. The molecule has 4 rings (SSSR count). The Labute approximate surface area is 114 Å². The minimum atomic E-state index is 0.123. The highest BCUT2D eigenvalue weighted by atomic mass is 16.3. The number of rotatable bonds is 1. The molecular weight excluding hydrogens is 252 g/mol. The molecule has 0 bridgehead atoms. The fourth-order valence-electron chi connectivity index (χ4n) is 2.42. The molecule has 0 saturated heterocycles. The van der Waals surface area contributed by atoms with Crippen LogP contribution in [0, 0.1) is 0 Å². The van der Waals surface area contributed by atoms with Gasteiger partial charge < -0.3 is 5.11 Å². The summed E-state index contributed by atoms with van der Waals surface area (Å²) in [6.07, 6.45) is 4.90. The van der Waals surface area contributed by atoms with Crippen LogP contribution in [0.2, 0.25) is 0 Å². The van der Waals surface area contributed by atoms with Gasteiger partial charge in [0.1, 0.15) is 22.6 Å². The number of aromatic nitrogens is 4. The zero-order valence-electron chi connectivity index (χ0n) is 10.4. The summed E-state index contributed by atoms with van der Waals surface area (Å²) in [5, 5.41) is 9.71. The van der Waals surface area contributed by atoms with E-state index in [2.05, 4.69) is 15.0 Å². The van der Waals surface area contributed by atoms with Crippen molar-refractivity contribution in [2.75, 3.05) is 0 Å². The van der Waals surface area contributed by atoms with Gasteiger partial charge in [-0.05, 0) is 24.3 Å². The lowest BCUT2D eigenvalue weighted by atomic mass is 10.3. The van der Waals surface area contributed by atoms with E-state index in [-0.39, 0.29) is 5.75 Å². The molecule has 0 fully saturated rings. The van der Waals surface area contributed by atoms with Gasteiger partial charge in [-0.15, -0.1) is 0 Å². The van der Waals surface area contributed by atoms with E-state index < -0.39 is 0 Å². The molecule has 4 aromatic heterocycles. The number of fused-ring (bicyclic) bond motifs is 3. The summed E-state index contributed by atoms with van der Waals surface area (Å²) in [6, 6.07) is 11.2. The van der Waals surface area contributed by atoms with Crippen LogP contribution in [-0.4, -0.2) is 24.6 Å². The third-order valence-electron chi connectivity index (χ3n) is 3.22. The van der Waals surface area contributed by atoms with E-state index in [0.717, 1.165) is 27.9 Å². The van der Waals surface area contributed by atoms with Crippen LogP contribution in [-0.2, 0) is 0 Å². The lowest BCUT2D eigenvalue weighted by molar-refractivity contribution is 0.473. The molecule has 0 aliphatic rings. The quantitative estimate of drug-likeness (QED) is 0.573. The van der Waals surface area contributed by atoms with Crippen LogP contribution in [0.15, 0.2) is 55.0 Å². The molecule has 0 radical (unpaired) electrons. The van der Waals surface area contributed by atoms with Gasteiger partial charge in [-0.1, -0.05) is 6.07 Å². The molecule has 20 heavy (non-hydrogen) atoms. The van der Waals surface area contributed by atoms with E-state index in [1.54, 1.807) is 18.5 Å². The van der Waals surface area contributed by atoms with Crippen molar-refractivity contribution in [1.82, 2.24) is 19.5 Å². The zero-order chi connectivity index (χ0) is 13.5. The van der Waals surface area contributed by atoms with E-state index in [0.29, 0.717) is 0 Å². The molecule has 0 amide bonds. The van der Waals surface area contributed by atoms with Gasteiger partial charge in [0.15, 0.2) is 0 Å². The van der Waals surface area contributed by atoms with Crippen molar-refractivity contribution < 1.29 is 5.11 Å². The maximum Gasteiger partial charge on any atom is 0.137 e. The van der Waals surface area contributed by atoms with Gasteiger partial charge in [-0.2, -0.15) is 0 Å². The van der Waals surface area contributed by atoms with Gasteiger partial charge in [-0.3, -0.25) is 9.55 Å². The maximum absolute atomic E-state index is 9.71. The first kappa shape index (κ1) is 10.9. The molecule has 1 N–H and O–H groups in total. The van der Waals surface area contributed by atoms with Crippen molar-refractivity contribution in [2.24, 2.45) is 0 Å². The summed E-state index contributed by atoms with van der Waals surface area (Å²) < 4.78 is 1.95. The Bertz CT molecular complexity index is 915. The van der Waals surface area contributed by atoms with E-state index in [1.165, 1.54) is 6.20 Å². The summed E-state index contributed by atoms with van der Waals surface area (Å²) in [5.74, 6) is 0.894. The number of nitrogens with zero attached hydrogens (tertiary/aromatic N) is 4. The first-order chi connectivity index (χ1) is 9.84. The molecule has 0 atom stereocenters. The summed E-state index contributed by atoms with van der Waals surface area (Å²) in [4.78, 5) is 13.1. The summed E-state index contributed by atoms with van der Waals surface area (Å²) in [7, 11) is 0. The van der Waals surface area contributed by atoms with Gasteiger partial charge in [0.2, 0.25) is 0 Å². The molecule has 5 nitrogen and oxygen atoms in total. The van der Waals surface area contributed by atoms with Crippen LogP contribution in [0.3, 0.4) is 0 Å². The Hall–Kier alpha value is -2.95. The van der Waals surface area contributed by atoms with Gasteiger partial charge >= 0.3 is 0 Å². The fourth-order valence-corrected chi connectivity index (χ4v) is 2.42. The molecule has 0 aliphatic heterocycles. The molecule has 0 saturated carbocycles. The molecular formula is C15H10N4O. The van der Waals surface area contributed by atoms with E-state index in [9.17, 15) is 5.11 Å². The molecule has 96 valence electrons.